The Bertz CT molecular complexity index is 857. The van der Waals surface area contributed by atoms with E-state index >= 15 is 0 Å². The molecule has 134 valence electrons. The number of thiazole rings is 1. The number of benzene rings is 1. The molecule has 2 aromatic rings. The van der Waals surface area contributed by atoms with Gasteiger partial charge in [-0.1, -0.05) is 23.5 Å². The van der Waals surface area contributed by atoms with E-state index in [0.29, 0.717) is 0 Å². The van der Waals surface area contributed by atoms with E-state index < -0.39 is 0 Å². The molecular weight excluding hydrogens is 332 g/mol. The van der Waals surface area contributed by atoms with Crippen molar-refractivity contribution in [3.8, 4) is 0 Å². The second kappa shape index (κ2) is 7.14. The van der Waals surface area contributed by atoms with Crippen LogP contribution in [0.15, 0.2) is 23.2 Å². The fraction of sp³-hybridized carbons (Fsp3) is 0.474. The van der Waals surface area contributed by atoms with Crippen molar-refractivity contribution < 1.29 is 4.79 Å². The molecule has 1 saturated heterocycles. The van der Waals surface area contributed by atoms with Crippen molar-refractivity contribution in [1.82, 2.24) is 9.58 Å². The molecular formula is C19H26N4OS. The molecule has 0 bridgehead atoms. The topological polar surface area (TPSA) is 40.8 Å². The minimum absolute atomic E-state index is 0.104. The van der Waals surface area contributed by atoms with Crippen LogP contribution in [0.1, 0.15) is 33.4 Å². The molecule has 0 aliphatic carbocycles. The average molecular weight is 359 g/mol. The molecule has 0 N–H and O–H groups in total. The van der Waals surface area contributed by atoms with Gasteiger partial charge in [0, 0.05) is 33.1 Å². The summed E-state index contributed by atoms with van der Waals surface area (Å²) in [6, 6.07) is 6.18. The first-order valence-corrected chi connectivity index (χ1v) is 9.48. The molecule has 1 aromatic carbocycles. The van der Waals surface area contributed by atoms with Gasteiger partial charge >= 0.3 is 0 Å². The fourth-order valence-corrected chi connectivity index (χ4v) is 4.18. The van der Waals surface area contributed by atoms with E-state index in [1.165, 1.54) is 22.5 Å². The Labute approximate surface area is 153 Å². The van der Waals surface area contributed by atoms with E-state index in [2.05, 4.69) is 41.5 Å². The van der Waals surface area contributed by atoms with Crippen molar-refractivity contribution in [2.45, 2.75) is 27.7 Å². The minimum atomic E-state index is 0.104. The Morgan fingerprint density at radius 2 is 1.80 bits per heavy atom. The van der Waals surface area contributed by atoms with E-state index in [4.69, 9.17) is 4.99 Å². The third kappa shape index (κ3) is 3.55. The number of hydrogen-bond donors (Lipinski definition) is 0. The summed E-state index contributed by atoms with van der Waals surface area (Å²) in [5.41, 5.74) is 4.38. The van der Waals surface area contributed by atoms with Crippen LogP contribution in [0.5, 0.6) is 0 Å². The molecule has 5 nitrogen and oxygen atoms in total. The molecule has 25 heavy (non-hydrogen) atoms. The molecule has 0 atom stereocenters. The highest BCUT2D eigenvalue weighted by atomic mass is 32.1. The zero-order chi connectivity index (χ0) is 18.1. The summed E-state index contributed by atoms with van der Waals surface area (Å²) in [6.07, 6.45) is 0. The summed E-state index contributed by atoms with van der Waals surface area (Å²) < 4.78 is 2.15. The Morgan fingerprint density at radius 1 is 1.12 bits per heavy atom. The smallest absolute Gasteiger partial charge is 0.209 e. The number of Topliss-reactive ketones (excluding diaryl/α,β-unsaturated/α-hetero) is 1. The maximum Gasteiger partial charge on any atom is 0.209 e. The molecule has 6 heteroatoms. The fourth-order valence-electron chi connectivity index (χ4n) is 3.13. The van der Waals surface area contributed by atoms with E-state index in [-0.39, 0.29) is 5.78 Å². The van der Waals surface area contributed by atoms with Gasteiger partial charge in [0.2, 0.25) is 4.80 Å². The highest BCUT2D eigenvalue weighted by Crippen LogP contribution is 2.22. The molecule has 1 aromatic heterocycles. The lowest BCUT2D eigenvalue weighted by atomic mass is 10.1. The van der Waals surface area contributed by atoms with Gasteiger partial charge in [0.25, 0.3) is 0 Å². The Kier molecular flexibility index (Phi) is 5.11. The highest BCUT2D eigenvalue weighted by molar-refractivity contribution is 7.11. The van der Waals surface area contributed by atoms with Gasteiger partial charge in [-0.2, -0.15) is 0 Å². The number of aryl methyl sites for hydroxylation is 1. The largest absolute Gasteiger partial charge is 0.308 e. The van der Waals surface area contributed by atoms with Crippen LogP contribution in [0.3, 0.4) is 0 Å². The normalized spacial score (nSPS) is 16.5. The molecule has 0 radical (unpaired) electrons. The minimum Gasteiger partial charge on any atom is -0.308 e. The lowest BCUT2D eigenvalue weighted by Crippen LogP contribution is -2.52. The summed E-state index contributed by atoms with van der Waals surface area (Å²) in [5, 5.41) is 2.31. The van der Waals surface area contributed by atoms with Crippen molar-refractivity contribution in [1.29, 1.82) is 0 Å². The molecule has 1 fully saturated rings. The first-order chi connectivity index (χ1) is 11.9. The summed E-state index contributed by atoms with van der Waals surface area (Å²) in [4.78, 5) is 21.0. The van der Waals surface area contributed by atoms with Crippen LogP contribution in [0, 0.1) is 20.8 Å². The second-order valence-corrected chi connectivity index (χ2v) is 7.73. The van der Waals surface area contributed by atoms with Crippen molar-refractivity contribution in [3.63, 3.8) is 0 Å². The standard InChI is InChI=1S/C19H26N4OS/c1-13-7-6-8-17(14(13)2)20-19-23(15(3)18(25-19)16(4)24)22-11-9-21(5)10-12-22/h6-8H,9-12H2,1-5H3. The highest BCUT2D eigenvalue weighted by Gasteiger charge is 2.21. The van der Waals surface area contributed by atoms with Crippen LogP contribution in [0.25, 0.3) is 0 Å². The zero-order valence-corrected chi connectivity index (χ0v) is 16.5. The number of hydrogen-bond acceptors (Lipinski definition) is 5. The average Bonchev–Trinajstić information content (AvgIpc) is 2.89. The number of carbonyl (C=O) groups excluding carboxylic acids is 1. The molecule has 0 unspecified atom stereocenters. The first kappa shape index (κ1) is 17.9. The SMILES string of the molecule is CC(=O)c1sc(=Nc2cccc(C)c2C)n(N2CCN(C)CC2)c1C. The van der Waals surface area contributed by atoms with Gasteiger partial charge in [-0.15, -0.1) is 0 Å². The number of aromatic nitrogens is 1. The van der Waals surface area contributed by atoms with Gasteiger partial charge in [0.1, 0.15) is 0 Å². The molecule has 3 rings (SSSR count). The van der Waals surface area contributed by atoms with Gasteiger partial charge in [0.15, 0.2) is 5.78 Å². The number of carbonyl (C=O) groups is 1. The van der Waals surface area contributed by atoms with Crippen LogP contribution in [-0.4, -0.2) is 48.6 Å². The monoisotopic (exact) mass is 358 g/mol. The van der Waals surface area contributed by atoms with Crippen molar-refractivity contribution in [2.75, 3.05) is 38.2 Å². The third-order valence-electron chi connectivity index (χ3n) is 4.90. The summed E-state index contributed by atoms with van der Waals surface area (Å²) >= 11 is 1.49. The van der Waals surface area contributed by atoms with E-state index in [1.807, 2.05) is 19.1 Å². The van der Waals surface area contributed by atoms with Gasteiger partial charge in [0.05, 0.1) is 16.3 Å². The number of rotatable bonds is 3. The van der Waals surface area contributed by atoms with Crippen LogP contribution >= 0.6 is 11.3 Å². The van der Waals surface area contributed by atoms with Gasteiger partial charge in [-0.3, -0.25) is 4.79 Å². The summed E-state index contributed by atoms with van der Waals surface area (Å²) in [5.74, 6) is 0.104. The predicted octanol–water partition coefficient (Wildman–Crippen LogP) is 2.79. The summed E-state index contributed by atoms with van der Waals surface area (Å²) in [7, 11) is 2.14. The number of piperazine rings is 1. The Hall–Kier alpha value is -1.92. The van der Waals surface area contributed by atoms with Gasteiger partial charge < -0.3 is 9.91 Å². The van der Waals surface area contributed by atoms with Crippen molar-refractivity contribution >= 4 is 22.8 Å². The first-order valence-electron chi connectivity index (χ1n) is 8.66. The van der Waals surface area contributed by atoms with Gasteiger partial charge in [-0.25, -0.2) is 9.67 Å². The molecule has 0 saturated carbocycles. The Balaban J connectivity index is 2.15. The van der Waals surface area contributed by atoms with Crippen molar-refractivity contribution in [2.24, 2.45) is 4.99 Å². The maximum absolute atomic E-state index is 12.1. The second-order valence-electron chi connectivity index (χ2n) is 6.75. The lowest BCUT2D eigenvalue weighted by molar-refractivity contribution is 0.102. The molecule has 0 spiro atoms. The van der Waals surface area contributed by atoms with E-state index in [9.17, 15) is 4.79 Å². The van der Waals surface area contributed by atoms with Crippen LogP contribution in [0.2, 0.25) is 0 Å². The van der Waals surface area contributed by atoms with Crippen LogP contribution in [-0.2, 0) is 0 Å². The maximum atomic E-state index is 12.1. The molecule has 2 heterocycles. The van der Waals surface area contributed by atoms with Crippen LogP contribution < -0.4 is 9.81 Å². The van der Waals surface area contributed by atoms with Gasteiger partial charge in [-0.05, 0) is 45.0 Å². The van der Waals surface area contributed by atoms with E-state index in [0.717, 1.165) is 47.2 Å². The molecule has 1 aliphatic heterocycles. The predicted molar refractivity (Wildman–Crippen MR) is 104 cm³/mol. The van der Waals surface area contributed by atoms with Crippen LogP contribution in [0.4, 0.5) is 5.69 Å². The van der Waals surface area contributed by atoms with E-state index in [1.54, 1.807) is 6.92 Å². The third-order valence-corrected chi connectivity index (χ3v) is 6.13. The zero-order valence-electron chi connectivity index (χ0n) is 15.7. The van der Waals surface area contributed by atoms with Crippen molar-refractivity contribution in [3.05, 3.63) is 44.7 Å². The Morgan fingerprint density at radius 3 is 2.44 bits per heavy atom. The summed E-state index contributed by atoms with van der Waals surface area (Å²) in [6.45, 7) is 11.8. The molecule has 1 aliphatic rings. The molecule has 0 amide bonds. The number of likely N-dealkylation sites (N-methyl/N-ethyl adjacent to an activating group) is 1. The lowest BCUT2D eigenvalue weighted by Gasteiger charge is -2.35. The quantitative estimate of drug-likeness (QED) is 0.792. The number of nitrogens with zero attached hydrogens (tertiary/aromatic N) is 4. The number of ketones is 1.